The third-order valence-corrected chi connectivity index (χ3v) is 3.02. The highest BCUT2D eigenvalue weighted by atomic mass is 16.5. The molecule has 76 valence electrons. The van der Waals surface area contributed by atoms with Crippen molar-refractivity contribution in [1.29, 1.82) is 0 Å². The predicted molar refractivity (Wildman–Crippen MR) is 50.8 cm³/mol. The van der Waals surface area contributed by atoms with Gasteiger partial charge in [0, 0.05) is 19.8 Å². The van der Waals surface area contributed by atoms with Gasteiger partial charge in [0.2, 0.25) is 0 Å². The van der Waals surface area contributed by atoms with Crippen LogP contribution in [0.2, 0.25) is 0 Å². The molecular formula is C10H19NO2. The summed E-state index contributed by atoms with van der Waals surface area (Å²) in [4.78, 5) is 0. The van der Waals surface area contributed by atoms with Gasteiger partial charge in [-0.2, -0.15) is 0 Å². The van der Waals surface area contributed by atoms with E-state index < -0.39 is 0 Å². The van der Waals surface area contributed by atoms with E-state index in [9.17, 15) is 0 Å². The predicted octanol–water partition coefficient (Wildman–Crippen LogP) is 0.934. The zero-order valence-corrected chi connectivity index (χ0v) is 8.34. The minimum Gasteiger partial charge on any atom is -0.381 e. The minimum absolute atomic E-state index is 0.0783. The molecule has 2 saturated heterocycles. The Bertz CT molecular complexity index is 160. The first-order valence-corrected chi connectivity index (χ1v) is 5.25. The van der Waals surface area contributed by atoms with Gasteiger partial charge < -0.3 is 14.8 Å². The molecule has 0 radical (unpaired) electrons. The largest absolute Gasteiger partial charge is 0.381 e. The summed E-state index contributed by atoms with van der Waals surface area (Å²) >= 11 is 0. The summed E-state index contributed by atoms with van der Waals surface area (Å²) in [6.45, 7) is 6.06. The lowest BCUT2D eigenvalue weighted by Crippen LogP contribution is -2.39. The van der Waals surface area contributed by atoms with Crippen molar-refractivity contribution in [3.05, 3.63) is 0 Å². The monoisotopic (exact) mass is 185 g/mol. The van der Waals surface area contributed by atoms with Crippen LogP contribution in [0.1, 0.15) is 26.2 Å². The first kappa shape index (κ1) is 9.44. The Morgan fingerprint density at radius 1 is 1.38 bits per heavy atom. The quantitative estimate of drug-likeness (QED) is 0.694. The van der Waals surface area contributed by atoms with Gasteiger partial charge in [-0.3, -0.25) is 0 Å². The highest BCUT2D eigenvalue weighted by Crippen LogP contribution is 2.27. The van der Waals surface area contributed by atoms with Gasteiger partial charge in [0.1, 0.15) is 0 Å². The summed E-state index contributed by atoms with van der Waals surface area (Å²) in [6.07, 6.45) is 3.69. The smallest absolute Gasteiger partial charge is 0.0719 e. The summed E-state index contributed by atoms with van der Waals surface area (Å²) in [5, 5.41) is 3.32. The van der Waals surface area contributed by atoms with Gasteiger partial charge >= 0.3 is 0 Å². The molecule has 2 fully saturated rings. The van der Waals surface area contributed by atoms with Crippen molar-refractivity contribution in [3.8, 4) is 0 Å². The third kappa shape index (κ3) is 2.42. The fraction of sp³-hybridized carbons (Fsp3) is 1.00. The molecule has 0 spiro atoms. The Hall–Kier alpha value is -0.120. The number of hydrogen-bond donors (Lipinski definition) is 1. The topological polar surface area (TPSA) is 30.5 Å². The molecule has 1 atom stereocenters. The lowest BCUT2D eigenvalue weighted by Gasteiger charge is -2.35. The fourth-order valence-corrected chi connectivity index (χ4v) is 2.05. The Kier molecular flexibility index (Phi) is 2.86. The zero-order chi connectivity index (χ0) is 9.15. The molecule has 2 aliphatic rings. The van der Waals surface area contributed by atoms with Crippen LogP contribution < -0.4 is 5.32 Å². The summed E-state index contributed by atoms with van der Waals surface area (Å²) in [5.74, 6) is 0. The molecule has 0 saturated carbocycles. The van der Waals surface area contributed by atoms with Crippen molar-refractivity contribution in [1.82, 2.24) is 5.32 Å². The molecule has 3 nitrogen and oxygen atoms in total. The highest BCUT2D eigenvalue weighted by molar-refractivity contribution is 4.82. The van der Waals surface area contributed by atoms with E-state index >= 15 is 0 Å². The van der Waals surface area contributed by atoms with Crippen molar-refractivity contribution < 1.29 is 9.47 Å². The Balaban J connectivity index is 1.83. The van der Waals surface area contributed by atoms with Crippen LogP contribution in [0.5, 0.6) is 0 Å². The second-order valence-electron chi connectivity index (χ2n) is 4.29. The Labute approximate surface area is 79.8 Å². The Morgan fingerprint density at radius 3 is 2.77 bits per heavy atom. The molecule has 1 N–H and O–H groups in total. The van der Waals surface area contributed by atoms with Crippen molar-refractivity contribution >= 4 is 0 Å². The van der Waals surface area contributed by atoms with Crippen LogP contribution in [0.3, 0.4) is 0 Å². The molecule has 3 heteroatoms. The van der Waals surface area contributed by atoms with Crippen LogP contribution in [0.4, 0.5) is 0 Å². The van der Waals surface area contributed by atoms with Gasteiger partial charge in [-0.25, -0.2) is 0 Å². The summed E-state index contributed by atoms with van der Waals surface area (Å²) in [5.41, 5.74) is 0.0783. The van der Waals surface area contributed by atoms with Crippen LogP contribution in [0.25, 0.3) is 0 Å². The summed E-state index contributed by atoms with van der Waals surface area (Å²) in [6, 6.07) is 0. The number of nitrogens with one attached hydrogen (secondary N) is 1. The molecule has 2 rings (SSSR count). The third-order valence-electron chi connectivity index (χ3n) is 3.02. The van der Waals surface area contributed by atoms with Gasteiger partial charge in [0.05, 0.1) is 11.7 Å². The first-order valence-electron chi connectivity index (χ1n) is 5.25. The van der Waals surface area contributed by atoms with Gasteiger partial charge in [0.25, 0.3) is 0 Å². The van der Waals surface area contributed by atoms with Crippen LogP contribution in [0.15, 0.2) is 0 Å². The zero-order valence-electron chi connectivity index (χ0n) is 8.34. The second-order valence-corrected chi connectivity index (χ2v) is 4.29. The molecule has 0 aromatic rings. The maximum Gasteiger partial charge on any atom is 0.0719 e. The molecule has 0 aromatic carbocycles. The molecule has 2 aliphatic heterocycles. The second kappa shape index (κ2) is 3.95. The van der Waals surface area contributed by atoms with E-state index in [0.29, 0.717) is 6.10 Å². The molecule has 2 heterocycles. The minimum atomic E-state index is 0.0783. The standard InChI is InChI=1S/C10H19NO2/c1-10(3-6-12-7-4-10)13-9-2-5-11-8-9/h9,11H,2-8H2,1H3. The number of ether oxygens (including phenoxy) is 2. The average molecular weight is 185 g/mol. The van der Waals surface area contributed by atoms with E-state index in [-0.39, 0.29) is 5.60 Å². The van der Waals surface area contributed by atoms with E-state index in [1.54, 1.807) is 0 Å². The lowest BCUT2D eigenvalue weighted by atomic mass is 9.96. The molecule has 0 aliphatic carbocycles. The molecule has 0 amide bonds. The average Bonchev–Trinajstić information content (AvgIpc) is 2.57. The molecule has 1 unspecified atom stereocenters. The van der Waals surface area contributed by atoms with E-state index in [1.807, 2.05) is 0 Å². The van der Waals surface area contributed by atoms with Crippen LogP contribution in [-0.4, -0.2) is 38.0 Å². The molecule has 0 bridgehead atoms. The maximum absolute atomic E-state index is 6.10. The van der Waals surface area contributed by atoms with E-state index in [0.717, 1.165) is 45.6 Å². The highest BCUT2D eigenvalue weighted by Gasteiger charge is 2.32. The van der Waals surface area contributed by atoms with Crippen LogP contribution in [-0.2, 0) is 9.47 Å². The van der Waals surface area contributed by atoms with Crippen molar-refractivity contribution in [2.75, 3.05) is 26.3 Å². The first-order chi connectivity index (χ1) is 6.29. The van der Waals surface area contributed by atoms with Gasteiger partial charge in [-0.05, 0) is 32.7 Å². The van der Waals surface area contributed by atoms with E-state index in [4.69, 9.17) is 9.47 Å². The normalized spacial score (nSPS) is 33.5. The fourth-order valence-electron chi connectivity index (χ4n) is 2.05. The SMILES string of the molecule is CC1(OC2CCNC2)CCOCC1. The van der Waals surface area contributed by atoms with Gasteiger partial charge in [0.15, 0.2) is 0 Å². The number of hydrogen-bond acceptors (Lipinski definition) is 3. The van der Waals surface area contributed by atoms with Gasteiger partial charge in [-0.1, -0.05) is 0 Å². The Morgan fingerprint density at radius 2 is 2.15 bits per heavy atom. The van der Waals surface area contributed by atoms with Crippen LogP contribution in [0, 0.1) is 0 Å². The summed E-state index contributed by atoms with van der Waals surface area (Å²) in [7, 11) is 0. The molecule has 13 heavy (non-hydrogen) atoms. The maximum atomic E-state index is 6.10. The number of rotatable bonds is 2. The molecular weight excluding hydrogens is 166 g/mol. The van der Waals surface area contributed by atoms with Crippen molar-refractivity contribution in [2.45, 2.75) is 37.9 Å². The van der Waals surface area contributed by atoms with Gasteiger partial charge in [-0.15, -0.1) is 0 Å². The summed E-state index contributed by atoms with van der Waals surface area (Å²) < 4.78 is 11.4. The van der Waals surface area contributed by atoms with Crippen LogP contribution >= 0.6 is 0 Å². The van der Waals surface area contributed by atoms with Crippen molar-refractivity contribution in [3.63, 3.8) is 0 Å². The van der Waals surface area contributed by atoms with E-state index in [2.05, 4.69) is 12.2 Å². The van der Waals surface area contributed by atoms with Crippen molar-refractivity contribution in [2.24, 2.45) is 0 Å². The lowest BCUT2D eigenvalue weighted by molar-refractivity contribution is -0.126. The molecule has 0 aromatic heterocycles. The van der Waals surface area contributed by atoms with E-state index in [1.165, 1.54) is 0 Å².